The lowest BCUT2D eigenvalue weighted by Crippen LogP contribution is -2.32. The number of sulfonamides is 1. The standard InChI is InChI=1S/C17H26N2O3S/c1-3-4-5-6-13(2)18-17(20)14-7-11-16(12-8-14)23(21,22)19-15-9-10-15/h7-8,11-13,15,19H,3-6,9-10H2,1-2H3,(H,18,20). The summed E-state index contributed by atoms with van der Waals surface area (Å²) in [6, 6.07) is 6.30. The van der Waals surface area contributed by atoms with Crippen LogP contribution in [0.1, 0.15) is 62.7 Å². The second kappa shape index (κ2) is 7.93. The number of benzene rings is 1. The van der Waals surface area contributed by atoms with E-state index in [9.17, 15) is 13.2 Å². The van der Waals surface area contributed by atoms with Gasteiger partial charge in [-0.1, -0.05) is 26.2 Å². The van der Waals surface area contributed by atoms with E-state index in [-0.39, 0.29) is 22.9 Å². The van der Waals surface area contributed by atoms with Crippen molar-refractivity contribution in [3.05, 3.63) is 29.8 Å². The summed E-state index contributed by atoms with van der Waals surface area (Å²) in [5, 5.41) is 2.95. The predicted molar refractivity (Wildman–Crippen MR) is 90.9 cm³/mol. The van der Waals surface area contributed by atoms with Gasteiger partial charge < -0.3 is 5.32 Å². The Kier molecular flexibility index (Phi) is 6.18. The fourth-order valence-corrected chi connectivity index (χ4v) is 3.66. The zero-order chi connectivity index (χ0) is 16.9. The summed E-state index contributed by atoms with van der Waals surface area (Å²) in [6.45, 7) is 4.14. The molecule has 5 nitrogen and oxygen atoms in total. The molecule has 1 aliphatic carbocycles. The molecule has 6 heteroatoms. The first kappa shape index (κ1) is 17.9. The molecular formula is C17H26N2O3S. The molecule has 2 N–H and O–H groups in total. The summed E-state index contributed by atoms with van der Waals surface area (Å²) in [7, 11) is -3.46. The number of unbranched alkanes of at least 4 members (excludes halogenated alkanes) is 2. The first-order valence-electron chi connectivity index (χ1n) is 8.35. The molecule has 0 saturated heterocycles. The van der Waals surface area contributed by atoms with Gasteiger partial charge in [-0.25, -0.2) is 13.1 Å². The first-order valence-corrected chi connectivity index (χ1v) is 9.84. The van der Waals surface area contributed by atoms with Crippen LogP contribution < -0.4 is 10.0 Å². The molecule has 1 atom stereocenters. The zero-order valence-electron chi connectivity index (χ0n) is 13.8. The third-order valence-electron chi connectivity index (χ3n) is 3.94. The van der Waals surface area contributed by atoms with Gasteiger partial charge in [0.1, 0.15) is 0 Å². The van der Waals surface area contributed by atoms with Crippen molar-refractivity contribution in [3.63, 3.8) is 0 Å². The highest BCUT2D eigenvalue weighted by Crippen LogP contribution is 2.22. The van der Waals surface area contributed by atoms with Gasteiger partial charge in [-0.3, -0.25) is 4.79 Å². The van der Waals surface area contributed by atoms with Crippen molar-refractivity contribution in [2.24, 2.45) is 0 Å². The number of hydrogen-bond donors (Lipinski definition) is 2. The van der Waals surface area contributed by atoms with Crippen LogP contribution in [0.3, 0.4) is 0 Å². The minimum atomic E-state index is -3.46. The highest BCUT2D eigenvalue weighted by molar-refractivity contribution is 7.89. The van der Waals surface area contributed by atoms with Gasteiger partial charge in [-0.05, 0) is 50.5 Å². The number of hydrogen-bond acceptors (Lipinski definition) is 3. The predicted octanol–water partition coefficient (Wildman–Crippen LogP) is 2.83. The Morgan fingerprint density at radius 1 is 1.22 bits per heavy atom. The van der Waals surface area contributed by atoms with Crippen molar-refractivity contribution in [2.75, 3.05) is 0 Å². The molecule has 1 aromatic carbocycles. The van der Waals surface area contributed by atoms with Gasteiger partial charge in [-0.15, -0.1) is 0 Å². The first-order chi connectivity index (χ1) is 10.9. The van der Waals surface area contributed by atoms with Crippen molar-refractivity contribution in [3.8, 4) is 0 Å². The molecule has 0 aromatic heterocycles. The number of rotatable bonds is 9. The van der Waals surface area contributed by atoms with Crippen LogP contribution >= 0.6 is 0 Å². The number of amides is 1. The number of carbonyl (C=O) groups is 1. The van der Waals surface area contributed by atoms with Crippen LogP contribution in [0.15, 0.2) is 29.2 Å². The minimum absolute atomic E-state index is 0.0759. The quantitative estimate of drug-likeness (QED) is 0.680. The lowest BCUT2D eigenvalue weighted by Gasteiger charge is -2.14. The molecule has 0 aliphatic heterocycles. The molecule has 0 spiro atoms. The molecular weight excluding hydrogens is 312 g/mol. The van der Waals surface area contributed by atoms with E-state index < -0.39 is 10.0 Å². The van der Waals surface area contributed by atoms with Crippen LogP contribution in [0.5, 0.6) is 0 Å². The summed E-state index contributed by atoms with van der Waals surface area (Å²) in [4.78, 5) is 12.4. The smallest absolute Gasteiger partial charge is 0.251 e. The highest BCUT2D eigenvalue weighted by atomic mass is 32.2. The van der Waals surface area contributed by atoms with Crippen molar-refractivity contribution in [1.82, 2.24) is 10.0 Å². The molecule has 2 rings (SSSR count). The van der Waals surface area contributed by atoms with Gasteiger partial charge in [0, 0.05) is 17.6 Å². The topological polar surface area (TPSA) is 75.3 Å². The monoisotopic (exact) mass is 338 g/mol. The molecule has 23 heavy (non-hydrogen) atoms. The zero-order valence-corrected chi connectivity index (χ0v) is 14.7. The Hall–Kier alpha value is -1.40. The Morgan fingerprint density at radius 3 is 2.43 bits per heavy atom. The molecule has 0 heterocycles. The van der Waals surface area contributed by atoms with E-state index in [4.69, 9.17) is 0 Å². The van der Waals surface area contributed by atoms with Gasteiger partial charge in [0.05, 0.1) is 4.90 Å². The molecule has 1 amide bonds. The lowest BCUT2D eigenvalue weighted by molar-refractivity contribution is 0.0938. The summed E-state index contributed by atoms with van der Waals surface area (Å²) in [6.07, 6.45) is 6.18. The fourth-order valence-electron chi connectivity index (χ4n) is 2.35. The molecule has 128 valence electrons. The number of nitrogens with one attached hydrogen (secondary N) is 2. The van der Waals surface area contributed by atoms with Gasteiger partial charge in [-0.2, -0.15) is 0 Å². The average Bonchev–Trinajstić information content (AvgIpc) is 3.31. The normalized spacial score (nSPS) is 16.1. The Labute approximate surface area is 138 Å². The van der Waals surface area contributed by atoms with Crippen LogP contribution in [0.4, 0.5) is 0 Å². The summed E-state index contributed by atoms with van der Waals surface area (Å²) >= 11 is 0. The molecule has 1 aromatic rings. The molecule has 1 aliphatic rings. The summed E-state index contributed by atoms with van der Waals surface area (Å²) in [5.41, 5.74) is 0.484. The fraction of sp³-hybridized carbons (Fsp3) is 0.588. The number of carbonyl (C=O) groups excluding carboxylic acids is 1. The van der Waals surface area contributed by atoms with Crippen molar-refractivity contribution in [1.29, 1.82) is 0 Å². The molecule has 0 radical (unpaired) electrons. The second-order valence-electron chi connectivity index (χ2n) is 6.29. The van der Waals surface area contributed by atoms with Crippen LogP contribution in [0, 0.1) is 0 Å². The maximum Gasteiger partial charge on any atom is 0.251 e. The Bertz CT molecular complexity index is 622. The van der Waals surface area contributed by atoms with Gasteiger partial charge in [0.25, 0.3) is 5.91 Å². The third kappa shape index (κ3) is 5.62. The van der Waals surface area contributed by atoms with E-state index >= 15 is 0 Å². The maximum absolute atomic E-state index is 12.2. The van der Waals surface area contributed by atoms with Crippen LogP contribution in [0.2, 0.25) is 0 Å². The van der Waals surface area contributed by atoms with Crippen molar-refractivity contribution < 1.29 is 13.2 Å². The van der Waals surface area contributed by atoms with Gasteiger partial charge >= 0.3 is 0 Å². The highest BCUT2D eigenvalue weighted by Gasteiger charge is 2.27. The van der Waals surface area contributed by atoms with Gasteiger partial charge in [0.15, 0.2) is 0 Å². The maximum atomic E-state index is 12.2. The Balaban J connectivity index is 1.91. The summed E-state index contributed by atoms with van der Waals surface area (Å²) in [5.74, 6) is -0.159. The molecule has 1 saturated carbocycles. The van der Waals surface area contributed by atoms with E-state index in [1.165, 1.54) is 18.6 Å². The van der Waals surface area contributed by atoms with Crippen LogP contribution in [-0.4, -0.2) is 26.4 Å². The van der Waals surface area contributed by atoms with E-state index in [1.807, 2.05) is 6.92 Å². The van der Waals surface area contributed by atoms with E-state index in [1.54, 1.807) is 12.1 Å². The average molecular weight is 338 g/mol. The van der Waals surface area contributed by atoms with Crippen LogP contribution in [-0.2, 0) is 10.0 Å². The van der Waals surface area contributed by atoms with E-state index in [0.29, 0.717) is 5.56 Å². The molecule has 1 fully saturated rings. The van der Waals surface area contributed by atoms with Gasteiger partial charge in [0.2, 0.25) is 10.0 Å². The summed E-state index contributed by atoms with van der Waals surface area (Å²) < 4.78 is 26.8. The van der Waals surface area contributed by atoms with E-state index in [2.05, 4.69) is 17.0 Å². The van der Waals surface area contributed by atoms with E-state index in [0.717, 1.165) is 32.1 Å². The third-order valence-corrected chi connectivity index (χ3v) is 5.48. The van der Waals surface area contributed by atoms with Crippen LogP contribution in [0.25, 0.3) is 0 Å². The molecule has 1 unspecified atom stereocenters. The largest absolute Gasteiger partial charge is 0.350 e. The van der Waals surface area contributed by atoms with Crippen molar-refractivity contribution >= 4 is 15.9 Å². The van der Waals surface area contributed by atoms with Crippen molar-refractivity contribution in [2.45, 2.75) is 69.4 Å². The second-order valence-corrected chi connectivity index (χ2v) is 8.00. The SMILES string of the molecule is CCCCCC(C)NC(=O)c1ccc(S(=O)(=O)NC2CC2)cc1. The Morgan fingerprint density at radius 2 is 1.87 bits per heavy atom. The lowest BCUT2D eigenvalue weighted by atomic mass is 10.1. The minimum Gasteiger partial charge on any atom is -0.350 e. The molecule has 0 bridgehead atoms.